The summed E-state index contributed by atoms with van der Waals surface area (Å²) in [7, 11) is -3.15. The van der Waals surface area contributed by atoms with Crippen LogP contribution in [0.4, 0.5) is 0 Å². The molecule has 0 bridgehead atoms. The maximum absolute atomic E-state index is 10.8. The number of aromatic nitrogens is 1. The lowest BCUT2D eigenvalue weighted by Crippen LogP contribution is -1.94. The van der Waals surface area contributed by atoms with E-state index in [9.17, 15) is 8.42 Å². The maximum atomic E-state index is 10.8. The molecule has 0 atom stereocenters. The fourth-order valence-electron chi connectivity index (χ4n) is 0.615. The van der Waals surface area contributed by atoms with Gasteiger partial charge in [0.25, 0.3) is 0 Å². The molecular weight excluding hydrogens is 174 g/mol. The fourth-order valence-corrected chi connectivity index (χ4v) is 1.85. The van der Waals surface area contributed by atoms with Gasteiger partial charge in [-0.3, -0.25) is 0 Å². The van der Waals surface area contributed by atoms with E-state index in [0.29, 0.717) is 0 Å². The van der Waals surface area contributed by atoms with Crippen molar-refractivity contribution in [2.45, 2.75) is 4.90 Å². The third-order valence-electron chi connectivity index (χ3n) is 1.06. The van der Waals surface area contributed by atoms with E-state index in [2.05, 4.69) is 4.98 Å². The highest BCUT2D eigenvalue weighted by atomic mass is 35.5. The molecule has 0 aromatic carbocycles. The molecular formula is C5H6ClNO2S. The van der Waals surface area contributed by atoms with Gasteiger partial charge in [-0.15, -0.1) is 0 Å². The summed E-state index contributed by atoms with van der Waals surface area (Å²) in [6.07, 6.45) is 3.90. The molecule has 0 spiro atoms. The van der Waals surface area contributed by atoms with Crippen LogP contribution in [0.1, 0.15) is 0 Å². The molecule has 1 heterocycles. The Hall–Kier alpha value is -0.480. The largest absolute Gasteiger partial charge is 0.365 e. The molecule has 0 saturated carbocycles. The molecule has 10 heavy (non-hydrogen) atoms. The van der Waals surface area contributed by atoms with Gasteiger partial charge in [0.05, 0.1) is 5.02 Å². The third kappa shape index (κ3) is 1.33. The normalized spacial score (nSPS) is 11.8. The van der Waals surface area contributed by atoms with E-state index in [4.69, 9.17) is 11.6 Å². The summed E-state index contributed by atoms with van der Waals surface area (Å²) < 4.78 is 21.6. The van der Waals surface area contributed by atoms with Gasteiger partial charge in [-0.05, 0) is 0 Å². The number of hydrogen-bond donors (Lipinski definition) is 1. The number of halogens is 1. The first-order chi connectivity index (χ1) is 4.52. The topological polar surface area (TPSA) is 49.9 Å². The van der Waals surface area contributed by atoms with Gasteiger partial charge in [0.1, 0.15) is 4.90 Å². The molecule has 3 nitrogen and oxygen atoms in total. The summed E-state index contributed by atoms with van der Waals surface area (Å²) in [6, 6.07) is 0. The molecule has 1 rings (SSSR count). The van der Waals surface area contributed by atoms with Crippen LogP contribution in [0.2, 0.25) is 5.02 Å². The molecule has 0 fully saturated rings. The van der Waals surface area contributed by atoms with Crippen LogP contribution >= 0.6 is 11.6 Å². The van der Waals surface area contributed by atoms with E-state index in [1.165, 1.54) is 12.4 Å². The lowest BCUT2D eigenvalue weighted by Gasteiger charge is -1.90. The summed E-state index contributed by atoms with van der Waals surface area (Å²) in [5, 5.41) is 0.238. The summed E-state index contributed by atoms with van der Waals surface area (Å²) in [4.78, 5) is 2.74. The Morgan fingerprint density at radius 2 is 2.10 bits per heavy atom. The third-order valence-corrected chi connectivity index (χ3v) is 2.62. The fraction of sp³-hybridized carbons (Fsp3) is 0.200. The SMILES string of the molecule is CS(=O)(=O)c1c[nH]cc1Cl. The van der Waals surface area contributed by atoms with Crippen LogP contribution in [0.25, 0.3) is 0 Å². The second-order valence-electron chi connectivity index (χ2n) is 1.94. The Kier molecular flexibility index (Phi) is 1.74. The average molecular weight is 180 g/mol. The number of rotatable bonds is 1. The van der Waals surface area contributed by atoms with E-state index in [-0.39, 0.29) is 9.92 Å². The van der Waals surface area contributed by atoms with Gasteiger partial charge in [0.2, 0.25) is 0 Å². The Balaban J connectivity index is 3.32. The first kappa shape index (κ1) is 7.63. The van der Waals surface area contributed by atoms with E-state index in [1.54, 1.807) is 0 Å². The Morgan fingerprint density at radius 1 is 1.50 bits per heavy atom. The minimum Gasteiger partial charge on any atom is -0.365 e. The molecule has 1 N–H and O–H groups in total. The molecule has 0 aliphatic heterocycles. The Labute approximate surface area is 63.9 Å². The average Bonchev–Trinajstić information content (AvgIpc) is 2.11. The molecule has 0 unspecified atom stereocenters. The van der Waals surface area contributed by atoms with E-state index < -0.39 is 9.84 Å². The lowest BCUT2D eigenvalue weighted by molar-refractivity contribution is 0.602. The minimum absolute atomic E-state index is 0.147. The van der Waals surface area contributed by atoms with Crippen molar-refractivity contribution in [1.82, 2.24) is 4.98 Å². The van der Waals surface area contributed by atoms with Gasteiger partial charge < -0.3 is 4.98 Å². The van der Waals surface area contributed by atoms with Crippen molar-refractivity contribution in [2.75, 3.05) is 6.26 Å². The van der Waals surface area contributed by atoms with Gasteiger partial charge in [0, 0.05) is 18.6 Å². The molecule has 0 aliphatic carbocycles. The van der Waals surface area contributed by atoms with Gasteiger partial charge in [-0.2, -0.15) is 0 Å². The number of hydrogen-bond acceptors (Lipinski definition) is 2. The van der Waals surface area contributed by atoms with E-state index >= 15 is 0 Å². The highest BCUT2D eigenvalue weighted by Gasteiger charge is 2.11. The number of sulfone groups is 1. The zero-order valence-electron chi connectivity index (χ0n) is 5.26. The highest BCUT2D eigenvalue weighted by molar-refractivity contribution is 7.90. The van der Waals surface area contributed by atoms with Gasteiger partial charge >= 0.3 is 0 Å². The number of H-pyrrole nitrogens is 1. The van der Waals surface area contributed by atoms with E-state index in [1.807, 2.05) is 0 Å². The predicted molar refractivity (Wildman–Crippen MR) is 38.9 cm³/mol. The van der Waals surface area contributed by atoms with Crippen molar-refractivity contribution in [3.05, 3.63) is 17.4 Å². The Bertz CT molecular complexity index is 327. The summed E-state index contributed by atoms with van der Waals surface area (Å²) in [5.41, 5.74) is 0. The zero-order valence-corrected chi connectivity index (χ0v) is 6.83. The summed E-state index contributed by atoms with van der Waals surface area (Å²) in [5.74, 6) is 0. The van der Waals surface area contributed by atoms with Crippen LogP contribution in [0.15, 0.2) is 17.3 Å². The van der Waals surface area contributed by atoms with E-state index in [0.717, 1.165) is 6.26 Å². The molecule has 0 amide bonds. The Morgan fingerprint density at radius 3 is 2.30 bits per heavy atom. The lowest BCUT2D eigenvalue weighted by atomic mass is 10.7. The van der Waals surface area contributed by atoms with Crippen LogP contribution in [0.5, 0.6) is 0 Å². The highest BCUT2D eigenvalue weighted by Crippen LogP contribution is 2.19. The molecule has 56 valence electrons. The zero-order chi connectivity index (χ0) is 7.78. The van der Waals surface area contributed by atoms with Crippen molar-refractivity contribution >= 4 is 21.4 Å². The molecule has 0 saturated heterocycles. The molecule has 0 aliphatic rings. The van der Waals surface area contributed by atoms with Crippen LogP contribution < -0.4 is 0 Å². The monoisotopic (exact) mass is 179 g/mol. The minimum atomic E-state index is -3.15. The first-order valence-corrected chi connectivity index (χ1v) is 4.81. The van der Waals surface area contributed by atoms with Crippen molar-refractivity contribution in [3.8, 4) is 0 Å². The number of nitrogens with one attached hydrogen (secondary N) is 1. The standard InChI is InChI=1S/C5H6ClNO2S/c1-10(8,9)5-3-7-2-4(5)6/h2-3,7H,1H3. The summed E-state index contributed by atoms with van der Waals surface area (Å²) >= 11 is 5.51. The van der Waals surface area contributed by atoms with Crippen molar-refractivity contribution < 1.29 is 8.42 Å². The molecule has 5 heteroatoms. The van der Waals surface area contributed by atoms with Crippen LogP contribution in [-0.2, 0) is 9.84 Å². The van der Waals surface area contributed by atoms with Gasteiger partial charge in [-0.1, -0.05) is 11.6 Å². The molecule has 0 radical (unpaired) electrons. The predicted octanol–water partition coefficient (Wildman–Crippen LogP) is 1.07. The van der Waals surface area contributed by atoms with Crippen LogP contribution in [0.3, 0.4) is 0 Å². The van der Waals surface area contributed by atoms with Gasteiger partial charge in [-0.25, -0.2) is 8.42 Å². The summed E-state index contributed by atoms with van der Waals surface area (Å²) in [6.45, 7) is 0. The smallest absolute Gasteiger partial charge is 0.178 e. The van der Waals surface area contributed by atoms with Crippen LogP contribution in [0, 0.1) is 0 Å². The molecule has 1 aromatic rings. The second-order valence-corrected chi connectivity index (χ2v) is 4.33. The van der Waals surface area contributed by atoms with Gasteiger partial charge in [0.15, 0.2) is 9.84 Å². The van der Waals surface area contributed by atoms with Crippen LogP contribution in [-0.4, -0.2) is 19.7 Å². The maximum Gasteiger partial charge on any atom is 0.178 e. The van der Waals surface area contributed by atoms with Crippen molar-refractivity contribution in [1.29, 1.82) is 0 Å². The van der Waals surface area contributed by atoms with Crippen molar-refractivity contribution in [3.63, 3.8) is 0 Å². The quantitative estimate of drug-likeness (QED) is 0.701. The number of aromatic amines is 1. The second kappa shape index (κ2) is 2.29. The van der Waals surface area contributed by atoms with Crippen molar-refractivity contribution in [2.24, 2.45) is 0 Å². The first-order valence-electron chi connectivity index (χ1n) is 2.54. The molecule has 1 aromatic heterocycles.